The maximum Gasteiger partial charge on any atom is 0.240 e. The summed E-state index contributed by atoms with van der Waals surface area (Å²) in [6.07, 6.45) is 2.67. The van der Waals surface area contributed by atoms with Crippen molar-refractivity contribution in [2.45, 2.75) is 62.2 Å². The van der Waals surface area contributed by atoms with E-state index in [0.29, 0.717) is 45.3 Å². The van der Waals surface area contributed by atoms with E-state index in [9.17, 15) is 18.3 Å². The monoisotopic (exact) mass is 440 g/mol. The average Bonchev–Trinajstić information content (AvgIpc) is 2.75. The largest absolute Gasteiger partial charge is 0.394 e. The van der Waals surface area contributed by atoms with E-state index in [4.69, 9.17) is 9.47 Å². The first-order valence-corrected chi connectivity index (χ1v) is 12.1. The van der Waals surface area contributed by atoms with Crippen LogP contribution in [-0.2, 0) is 24.3 Å². The van der Waals surface area contributed by atoms with Crippen molar-refractivity contribution in [3.8, 4) is 0 Å². The van der Waals surface area contributed by atoms with Crippen molar-refractivity contribution in [2.24, 2.45) is 5.92 Å². The Morgan fingerprint density at radius 3 is 2.50 bits per heavy atom. The van der Waals surface area contributed by atoms with Crippen LogP contribution >= 0.6 is 0 Å². The van der Waals surface area contributed by atoms with E-state index in [1.54, 1.807) is 24.3 Å². The third-order valence-electron chi connectivity index (χ3n) is 5.81. The Hall–Kier alpha value is -1.52. The molecule has 9 heteroatoms. The molecular weight excluding hydrogens is 408 g/mol. The predicted molar refractivity (Wildman–Crippen MR) is 111 cm³/mol. The van der Waals surface area contributed by atoms with Gasteiger partial charge in [-0.05, 0) is 51.2 Å². The Bertz CT molecular complexity index is 792. The van der Waals surface area contributed by atoms with E-state index in [0.717, 1.165) is 5.56 Å². The first-order chi connectivity index (χ1) is 14.4. The van der Waals surface area contributed by atoms with Crippen molar-refractivity contribution in [2.75, 3.05) is 26.4 Å². The second-order valence-electron chi connectivity index (χ2n) is 8.06. The highest BCUT2D eigenvalue weighted by Gasteiger charge is 2.33. The average molecular weight is 441 g/mol. The molecule has 0 saturated carbocycles. The number of amides is 1. The normalized spacial score (nSPS) is 25.7. The molecule has 8 nitrogen and oxygen atoms in total. The Morgan fingerprint density at radius 2 is 1.83 bits per heavy atom. The quantitative estimate of drug-likeness (QED) is 0.558. The molecule has 2 aliphatic rings. The third kappa shape index (κ3) is 6.24. The van der Waals surface area contributed by atoms with Crippen molar-refractivity contribution in [3.05, 3.63) is 29.8 Å². The van der Waals surface area contributed by atoms with Crippen LogP contribution in [0.2, 0.25) is 0 Å². The van der Waals surface area contributed by atoms with Crippen molar-refractivity contribution >= 4 is 15.9 Å². The van der Waals surface area contributed by atoms with Crippen LogP contribution < -0.4 is 10.0 Å². The van der Waals surface area contributed by atoms with Crippen LogP contribution in [0.3, 0.4) is 0 Å². The Balaban J connectivity index is 1.45. The number of hydrogen-bond donors (Lipinski definition) is 3. The standard InChI is InChI=1S/C21H32N2O6S/c1-15-2-5-18(6-3-15)30(26,27)22-11-8-17-4-7-19(20(14-24)29-17)23-21(25)16-9-12-28-13-10-16/h2-3,5-6,16-17,19-20,22,24H,4,7-14H2,1H3,(H,23,25)/t17-,19+,20-/m1/s1. The first-order valence-electron chi connectivity index (χ1n) is 10.6. The lowest BCUT2D eigenvalue weighted by Gasteiger charge is -2.37. The van der Waals surface area contributed by atoms with E-state index in [2.05, 4.69) is 10.0 Å². The summed E-state index contributed by atoms with van der Waals surface area (Å²) in [5, 5.41) is 12.7. The highest BCUT2D eigenvalue weighted by atomic mass is 32.2. The highest BCUT2D eigenvalue weighted by molar-refractivity contribution is 7.89. The molecule has 2 fully saturated rings. The summed E-state index contributed by atoms with van der Waals surface area (Å²) in [7, 11) is -3.56. The SMILES string of the molecule is Cc1ccc(S(=O)(=O)NCC[C@H]2CC[C@H](NC(=O)C3CCOCC3)[C@@H](CO)O2)cc1. The Morgan fingerprint density at radius 1 is 1.13 bits per heavy atom. The number of aryl methyl sites for hydroxylation is 1. The van der Waals surface area contributed by atoms with Crippen molar-refractivity contribution in [1.82, 2.24) is 10.0 Å². The molecule has 0 aromatic heterocycles. The summed E-state index contributed by atoms with van der Waals surface area (Å²) in [5.41, 5.74) is 0.998. The Labute approximate surface area is 178 Å². The summed E-state index contributed by atoms with van der Waals surface area (Å²) in [6, 6.07) is 6.47. The van der Waals surface area contributed by atoms with Crippen LogP contribution in [0.5, 0.6) is 0 Å². The van der Waals surface area contributed by atoms with Gasteiger partial charge in [-0.1, -0.05) is 17.7 Å². The molecule has 1 aromatic carbocycles. The molecule has 2 saturated heterocycles. The Kier molecular flexibility index (Phi) is 8.24. The van der Waals surface area contributed by atoms with Gasteiger partial charge in [0.15, 0.2) is 0 Å². The molecule has 30 heavy (non-hydrogen) atoms. The maximum absolute atomic E-state index is 12.5. The highest BCUT2D eigenvalue weighted by Crippen LogP contribution is 2.23. The zero-order valence-electron chi connectivity index (χ0n) is 17.4. The molecule has 2 aliphatic heterocycles. The fourth-order valence-electron chi connectivity index (χ4n) is 3.92. The van der Waals surface area contributed by atoms with Gasteiger partial charge in [0.2, 0.25) is 15.9 Å². The van der Waals surface area contributed by atoms with Crippen molar-refractivity contribution in [3.63, 3.8) is 0 Å². The number of rotatable bonds is 8. The summed E-state index contributed by atoms with van der Waals surface area (Å²) < 4.78 is 38.6. The van der Waals surface area contributed by atoms with Gasteiger partial charge in [-0.15, -0.1) is 0 Å². The summed E-state index contributed by atoms with van der Waals surface area (Å²) in [5.74, 6) is -0.0540. The van der Waals surface area contributed by atoms with Crippen LogP contribution in [0.25, 0.3) is 0 Å². The van der Waals surface area contributed by atoms with Crippen LogP contribution in [0.15, 0.2) is 29.2 Å². The summed E-state index contributed by atoms with van der Waals surface area (Å²) >= 11 is 0. The number of benzene rings is 1. The molecule has 0 bridgehead atoms. The molecule has 1 amide bonds. The van der Waals surface area contributed by atoms with Crippen LogP contribution in [0.4, 0.5) is 0 Å². The first kappa shape index (κ1) is 23.1. The number of carbonyl (C=O) groups excluding carboxylic acids is 1. The topological polar surface area (TPSA) is 114 Å². The number of aliphatic hydroxyl groups is 1. The zero-order valence-corrected chi connectivity index (χ0v) is 18.2. The minimum absolute atomic E-state index is 0.00495. The number of carbonyl (C=O) groups is 1. The maximum atomic E-state index is 12.5. The van der Waals surface area contributed by atoms with Gasteiger partial charge in [0, 0.05) is 25.7 Å². The lowest BCUT2D eigenvalue weighted by Crippen LogP contribution is -2.52. The number of sulfonamides is 1. The van der Waals surface area contributed by atoms with E-state index in [1.165, 1.54) is 0 Å². The lowest BCUT2D eigenvalue weighted by molar-refractivity contribution is -0.134. The second kappa shape index (κ2) is 10.7. The molecule has 1 aromatic rings. The molecule has 3 atom stereocenters. The molecule has 0 unspecified atom stereocenters. The molecule has 3 rings (SSSR count). The van der Waals surface area contributed by atoms with Crippen molar-refractivity contribution in [1.29, 1.82) is 0 Å². The number of hydrogen-bond acceptors (Lipinski definition) is 6. The summed E-state index contributed by atoms with van der Waals surface area (Å²) in [4.78, 5) is 12.7. The zero-order chi connectivity index (χ0) is 21.6. The van der Waals surface area contributed by atoms with E-state index < -0.39 is 16.1 Å². The van der Waals surface area contributed by atoms with Gasteiger partial charge in [-0.25, -0.2) is 13.1 Å². The molecule has 3 N–H and O–H groups in total. The molecule has 0 radical (unpaired) electrons. The molecule has 0 spiro atoms. The van der Waals surface area contributed by atoms with Crippen LogP contribution in [0, 0.1) is 12.8 Å². The summed E-state index contributed by atoms with van der Waals surface area (Å²) in [6.45, 7) is 3.16. The lowest BCUT2D eigenvalue weighted by atomic mass is 9.94. The molecule has 2 heterocycles. The fourth-order valence-corrected chi connectivity index (χ4v) is 4.97. The van der Waals surface area contributed by atoms with Crippen LogP contribution in [0.1, 0.15) is 37.7 Å². The molecule has 0 aliphatic carbocycles. The van der Waals surface area contributed by atoms with Gasteiger partial charge < -0.3 is 19.9 Å². The number of nitrogens with one attached hydrogen (secondary N) is 2. The fraction of sp³-hybridized carbons (Fsp3) is 0.667. The van der Waals surface area contributed by atoms with Gasteiger partial charge in [0.1, 0.15) is 6.10 Å². The predicted octanol–water partition coefficient (Wildman–Crippen LogP) is 1.11. The van der Waals surface area contributed by atoms with Gasteiger partial charge >= 0.3 is 0 Å². The molecular formula is C21H32N2O6S. The van der Waals surface area contributed by atoms with E-state index in [-0.39, 0.29) is 42.0 Å². The minimum atomic E-state index is -3.56. The van der Waals surface area contributed by atoms with E-state index in [1.807, 2.05) is 6.92 Å². The van der Waals surface area contributed by atoms with Gasteiger partial charge in [-0.3, -0.25) is 4.79 Å². The number of ether oxygens (including phenoxy) is 2. The van der Waals surface area contributed by atoms with Gasteiger partial charge in [0.05, 0.1) is 23.6 Å². The van der Waals surface area contributed by atoms with Crippen LogP contribution in [-0.4, -0.2) is 64.0 Å². The molecule has 168 valence electrons. The van der Waals surface area contributed by atoms with Gasteiger partial charge in [0.25, 0.3) is 0 Å². The second-order valence-corrected chi connectivity index (χ2v) is 9.82. The third-order valence-corrected chi connectivity index (χ3v) is 7.28. The van der Waals surface area contributed by atoms with Crippen molar-refractivity contribution < 1.29 is 27.8 Å². The minimum Gasteiger partial charge on any atom is -0.394 e. The number of aliphatic hydroxyl groups excluding tert-OH is 1. The smallest absolute Gasteiger partial charge is 0.240 e. The van der Waals surface area contributed by atoms with Gasteiger partial charge in [-0.2, -0.15) is 0 Å². The van der Waals surface area contributed by atoms with E-state index >= 15 is 0 Å².